The molecule has 0 aromatic carbocycles. The molecule has 0 radical (unpaired) electrons. The van der Waals surface area contributed by atoms with Gasteiger partial charge in [0.15, 0.2) is 0 Å². The summed E-state index contributed by atoms with van der Waals surface area (Å²) in [7, 11) is -3.46. The van der Waals surface area contributed by atoms with Crippen molar-refractivity contribution in [3.8, 4) is 0 Å². The van der Waals surface area contributed by atoms with Crippen LogP contribution in [0.1, 0.15) is 39.5 Å². The molecule has 0 saturated heterocycles. The van der Waals surface area contributed by atoms with Crippen LogP contribution in [0.4, 0.5) is 0 Å². The predicted molar refractivity (Wildman–Crippen MR) is 82.5 cm³/mol. The second-order valence-electron chi connectivity index (χ2n) is 5.75. The molecule has 0 spiro atoms. The first-order valence-corrected chi connectivity index (χ1v) is 9.26. The Labute approximate surface area is 127 Å². The Morgan fingerprint density at radius 1 is 1.43 bits per heavy atom. The van der Waals surface area contributed by atoms with Gasteiger partial charge in [-0.3, -0.25) is 4.68 Å². The van der Waals surface area contributed by atoms with Gasteiger partial charge in [0, 0.05) is 18.8 Å². The lowest BCUT2D eigenvalue weighted by Crippen LogP contribution is -2.37. The highest BCUT2D eigenvalue weighted by Crippen LogP contribution is 2.28. The van der Waals surface area contributed by atoms with Crippen LogP contribution in [0.25, 0.3) is 0 Å². The zero-order valence-electron chi connectivity index (χ0n) is 12.9. The first-order valence-electron chi connectivity index (χ1n) is 7.78. The van der Waals surface area contributed by atoms with Gasteiger partial charge in [-0.2, -0.15) is 5.10 Å². The third-order valence-electron chi connectivity index (χ3n) is 4.14. The first-order chi connectivity index (χ1) is 10.0. The summed E-state index contributed by atoms with van der Waals surface area (Å²) in [6.07, 6.45) is 7.67. The van der Waals surface area contributed by atoms with Crippen molar-refractivity contribution in [2.45, 2.75) is 57.0 Å². The third-order valence-corrected chi connectivity index (χ3v) is 5.65. The second kappa shape index (κ2) is 7.38. The van der Waals surface area contributed by atoms with Gasteiger partial charge >= 0.3 is 0 Å². The molecular formula is C14H26N4O2S. The van der Waals surface area contributed by atoms with E-state index in [4.69, 9.17) is 0 Å². The van der Waals surface area contributed by atoms with Crippen LogP contribution < -0.4 is 10.0 Å². The van der Waals surface area contributed by atoms with Crippen molar-refractivity contribution < 1.29 is 8.42 Å². The molecule has 6 nitrogen and oxygen atoms in total. The minimum Gasteiger partial charge on any atom is -0.315 e. The molecule has 0 aliphatic heterocycles. The highest BCUT2D eigenvalue weighted by atomic mass is 32.2. The predicted octanol–water partition coefficient (Wildman–Crippen LogP) is 1.35. The normalized spacial score (nSPS) is 18.2. The van der Waals surface area contributed by atoms with Gasteiger partial charge in [-0.25, -0.2) is 13.1 Å². The fraction of sp³-hybridized carbons (Fsp3) is 0.786. The molecule has 2 rings (SSSR count). The van der Waals surface area contributed by atoms with Crippen LogP contribution in [0.3, 0.4) is 0 Å². The van der Waals surface area contributed by atoms with Crippen molar-refractivity contribution in [1.29, 1.82) is 0 Å². The van der Waals surface area contributed by atoms with Gasteiger partial charge in [-0.15, -0.1) is 0 Å². The molecule has 0 bridgehead atoms. The van der Waals surface area contributed by atoms with Gasteiger partial charge in [0.1, 0.15) is 4.90 Å². The maximum absolute atomic E-state index is 12.4. The van der Waals surface area contributed by atoms with E-state index < -0.39 is 10.0 Å². The van der Waals surface area contributed by atoms with Crippen LogP contribution in [-0.2, 0) is 16.6 Å². The van der Waals surface area contributed by atoms with E-state index in [2.05, 4.69) is 15.1 Å². The summed E-state index contributed by atoms with van der Waals surface area (Å²) in [6.45, 7) is 6.34. The Morgan fingerprint density at radius 3 is 2.81 bits per heavy atom. The lowest BCUT2D eigenvalue weighted by atomic mass is 10.0. The molecule has 21 heavy (non-hydrogen) atoms. The van der Waals surface area contributed by atoms with E-state index in [1.165, 1.54) is 19.0 Å². The lowest BCUT2D eigenvalue weighted by Gasteiger charge is -2.19. The van der Waals surface area contributed by atoms with Crippen molar-refractivity contribution in [1.82, 2.24) is 19.8 Å². The summed E-state index contributed by atoms with van der Waals surface area (Å²) in [4.78, 5) is 0.254. The number of nitrogens with one attached hydrogen (secondary N) is 2. The number of nitrogens with zero attached hydrogens (tertiary/aromatic N) is 2. The molecule has 120 valence electrons. The smallest absolute Gasteiger partial charge is 0.243 e. The van der Waals surface area contributed by atoms with Gasteiger partial charge in [-0.1, -0.05) is 19.8 Å². The van der Waals surface area contributed by atoms with E-state index in [1.807, 2.05) is 13.8 Å². The molecule has 1 unspecified atom stereocenters. The van der Waals surface area contributed by atoms with E-state index in [1.54, 1.807) is 10.9 Å². The fourth-order valence-electron chi connectivity index (χ4n) is 2.84. The van der Waals surface area contributed by atoms with Crippen molar-refractivity contribution >= 4 is 10.0 Å². The maximum Gasteiger partial charge on any atom is 0.243 e. The number of rotatable bonds is 8. The Kier molecular flexibility index (Phi) is 5.78. The Morgan fingerprint density at radius 2 is 2.14 bits per heavy atom. The van der Waals surface area contributed by atoms with Crippen molar-refractivity contribution in [2.24, 2.45) is 5.92 Å². The first kappa shape index (κ1) is 16.5. The van der Waals surface area contributed by atoms with Gasteiger partial charge in [-0.05, 0) is 32.2 Å². The average molecular weight is 314 g/mol. The molecule has 1 aromatic rings. The molecule has 1 aromatic heterocycles. The molecule has 1 fully saturated rings. The van der Waals surface area contributed by atoms with E-state index in [-0.39, 0.29) is 10.9 Å². The summed E-state index contributed by atoms with van der Waals surface area (Å²) in [5.41, 5.74) is 0. The summed E-state index contributed by atoms with van der Waals surface area (Å²) >= 11 is 0. The van der Waals surface area contributed by atoms with Crippen LogP contribution >= 0.6 is 0 Å². The molecule has 1 aliphatic rings. The van der Waals surface area contributed by atoms with Crippen LogP contribution in [0.5, 0.6) is 0 Å². The van der Waals surface area contributed by atoms with Gasteiger partial charge in [0.05, 0.1) is 12.7 Å². The van der Waals surface area contributed by atoms with Gasteiger partial charge in [0.2, 0.25) is 10.0 Å². The molecule has 7 heteroatoms. The number of hydrogen-bond donors (Lipinski definition) is 2. The van der Waals surface area contributed by atoms with E-state index in [0.29, 0.717) is 12.5 Å². The van der Waals surface area contributed by atoms with Crippen molar-refractivity contribution in [3.63, 3.8) is 0 Å². The standard InChI is InChI=1S/C14H26N4O2S/c1-3-15-8-9-18-11-14(10-16-18)21(19,20)17-12(2)13-6-4-5-7-13/h10-13,15,17H,3-9H2,1-2H3. The van der Waals surface area contributed by atoms with E-state index >= 15 is 0 Å². The Hall–Kier alpha value is -0.920. The zero-order chi connectivity index (χ0) is 15.3. The summed E-state index contributed by atoms with van der Waals surface area (Å²) in [6, 6.07) is -0.0115. The van der Waals surface area contributed by atoms with Gasteiger partial charge < -0.3 is 5.32 Å². The van der Waals surface area contributed by atoms with Crippen LogP contribution in [-0.4, -0.2) is 37.3 Å². The number of aromatic nitrogens is 2. The zero-order valence-corrected chi connectivity index (χ0v) is 13.7. The van der Waals surface area contributed by atoms with Crippen LogP contribution in [0.2, 0.25) is 0 Å². The molecule has 1 saturated carbocycles. The number of sulfonamides is 1. The quantitative estimate of drug-likeness (QED) is 0.710. The number of likely N-dealkylation sites (N-methyl/N-ethyl adjacent to an activating group) is 1. The molecular weight excluding hydrogens is 288 g/mol. The molecule has 1 atom stereocenters. The third kappa shape index (κ3) is 4.52. The lowest BCUT2D eigenvalue weighted by molar-refractivity contribution is 0.424. The summed E-state index contributed by atoms with van der Waals surface area (Å²) in [5, 5.41) is 7.30. The molecule has 1 aliphatic carbocycles. The monoisotopic (exact) mass is 314 g/mol. The Balaban J connectivity index is 1.95. The summed E-state index contributed by atoms with van der Waals surface area (Å²) in [5.74, 6) is 0.462. The minimum atomic E-state index is -3.46. The van der Waals surface area contributed by atoms with Gasteiger partial charge in [0.25, 0.3) is 0 Å². The summed E-state index contributed by atoms with van der Waals surface area (Å²) < 4.78 is 29.2. The van der Waals surface area contributed by atoms with Crippen LogP contribution in [0.15, 0.2) is 17.3 Å². The Bertz CT molecular complexity index is 535. The average Bonchev–Trinajstić information content (AvgIpc) is 3.10. The topological polar surface area (TPSA) is 76.0 Å². The largest absolute Gasteiger partial charge is 0.315 e. The van der Waals surface area contributed by atoms with Crippen molar-refractivity contribution in [2.75, 3.05) is 13.1 Å². The second-order valence-corrected chi connectivity index (χ2v) is 7.46. The highest BCUT2D eigenvalue weighted by Gasteiger charge is 2.26. The van der Waals surface area contributed by atoms with Crippen molar-refractivity contribution in [3.05, 3.63) is 12.4 Å². The molecule has 1 heterocycles. The van der Waals surface area contributed by atoms with E-state index in [0.717, 1.165) is 25.9 Å². The SMILES string of the molecule is CCNCCn1cc(S(=O)(=O)NC(C)C2CCCC2)cn1. The highest BCUT2D eigenvalue weighted by molar-refractivity contribution is 7.89. The minimum absolute atomic E-state index is 0.0115. The van der Waals surface area contributed by atoms with E-state index in [9.17, 15) is 8.42 Å². The number of hydrogen-bond acceptors (Lipinski definition) is 4. The molecule has 0 amide bonds. The maximum atomic E-state index is 12.4. The molecule has 2 N–H and O–H groups in total. The fourth-order valence-corrected chi connectivity index (χ4v) is 4.11. The van der Waals surface area contributed by atoms with Crippen LogP contribution in [0, 0.1) is 5.92 Å².